The number of aryl methyl sites for hydroxylation is 1. The van der Waals surface area contributed by atoms with Gasteiger partial charge in [-0.15, -0.1) is 0 Å². The Morgan fingerprint density at radius 3 is 1.18 bits per heavy atom. The lowest BCUT2D eigenvalue weighted by Crippen LogP contribution is -2.19. The van der Waals surface area contributed by atoms with Gasteiger partial charge >= 0.3 is 17.9 Å². The van der Waals surface area contributed by atoms with Gasteiger partial charge in [-0.2, -0.15) is 0 Å². The number of nitrogens with zero attached hydrogens (tertiary/aromatic N) is 6. The van der Waals surface area contributed by atoms with Crippen LogP contribution in [0.5, 0.6) is 0 Å². The maximum atomic E-state index is 14.8. The van der Waals surface area contributed by atoms with Crippen molar-refractivity contribution < 1.29 is 50.5 Å². The molecule has 0 radical (unpaired) electrons. The summed E-state index contributed by atoms with van der Waals surface area (Å²) in [7, 11) is 3.89. The van der Waals surface area contributed by atoms with E-state index in [2.05, 4.69) is 71.4 Å². The number of hydrogen-bond acceptors (Lipinski definition) is 12. The standard InChI is InChI=1S/C27H28FN3O2.2C26H25F2N3O2/c1-15-12-19(27(32)33-3)13-24-25(15)31-26(30-24)16(2)17-4-6-18(7-5-17)21-10-11-29-23-9-8-20(28)14-22(21)23;1-14(25-30-22-10-8-19(26(32)33-2)23(28)24(22)31-25)15-3-5-16(6-4-15)18-11-12-29-21-9-7-17(27)13-20(18)21;1-14(25-30-23-12-17(26(32)33-2)11-21(28)24(23)31-25)15-3-5-16(6-4-15)19-9-10-29-22-8-7-18(27)13-20(19)22/h8-14,16-18H,4-7H2,1-3H3,(H,30,31);2*7-16H,3-6H2,1-2H3,(H,30,31)/t16-,17?,18?;2*14-,15?,16?/m111/s1. The van der Waals surface area contributed by atoms with Crippen LogP contribution in [0.25, 0.3) is 65.8 Å². The Balaban J connectivity index is 0.000000133. The largest absolute Gasteiger partial charge is 0.465 e. The molecule has 3 N–H and O–H groups in total. The van der Waals surface area contributed by atoms with Crippen molar-refractivity contribution in [1.82, 2.24) is 44.9 Å². The van der Waals surface area contributed by atoms with E-state index in [1.165, 1.54) is 51.2 Å². The molecule has 6 heterocycles. The van der Waals surface area contributed by atoms with Crippen LogP contribution in [0.1, 0.15) is 204 Å². The maximum absolute atomic E-state index is 14.8. The van der Waals surface area contributed by atoms with Crippen LogP contribution < -0.4 is 0 Å². The number of aromatic nitrogens is 9. The first-order valence-corrected chi connectivity index (χ1v) is 34.1. The lowest BCUT2D eigenvalue weighted by Gasteiger charge is -2.32. The SMILES string of the molecule is COC(=O)c1cc(C)c2nc([C@H](C)C3CCC(c4ccnc5ccc(F)cc45)CC3)[nH]c2c1.COC(=O)c1cc(F)c2nc([C@H](C)C3CCC(c4ccnc5ccc(F)cc45)CC3)[nH]c2c1.COC(=O)c1ccc2[nH]c([C@H](C)C3CCC(c4ccnc5ccc(F)cc45)CC3)nc2c1F. The number of hydrogen-bond donors (Lipinski definition) is 3. The summed E-state index contributed by atoms with van der Waals surface area (Å²) >= 11 is 0. The van der Waals surface area contributed by atoms with Crippen LogP contribution in [0.2, 0.25) is 0 Å². The van der Waals surface area contributed by atoms with Gasteiger partial charge in [0.25, 0.3) is 0 Å². The van der Waals surface area contributed by atoms with Gasteiger partial charge in [0, 0.05) is 52.5 Å². The summed E-state index contributed by atoms with van der Waals surface area (Å²) in [5.41, 5.74) is 10.8. The van der Waals surface area contributed by atoms with E-state index in [0.717, 1.165) is 161 Å². The van der Waals surface area contributed by atoms with Crippen molar-refractivity contribution >= 4 is 83.7 Å². The van der Waals surface area contributed by atoms with Gasteiger partial charge in [0.05, 0.1) is 76.6 Å². The molecule has 3 aliphatic carbocycles. The normalized spacial score (nSPS) is 19.6. The average molecular weight is 1340 g/mol. The highest BCUT2D eigenvalue weighted by atomic mass is 19.1. The zero-order chi connectivity index (χ0) is 69.3. The minimum absolute atomic E-state index is 0.114. The number of imidazole rings is 3. The molecule has 15 nitrogen and oxygen atoms in total. The molecule has 0 spiro atoms. The van der Waals surface area contributed by atoms with Gasteiger partial charge in [0.15, 0.2) is 11.6 Å². The van der Waals surface area contributed by atoms with Gasteiger partial charge in [-0.3, -0.25) is 15.0 Å². The van der Waals surface area contributed by atoms with Crippen LogP contribution in [0, 0.1) is 53.8 Å². The Hall–Kier alpha value is -9.98. The highest BCUT2D eigenvalue weighted by Gasteiger charge is 2.34. The molecule has 3 atom stereocenters. The molecule has 6 aromatic heterocycles. The highest BCUT2D eigenvalue weighted by molar-refractivity contribution is 5.96. The van der Waals surface area contributed by atoms with Crippen LogP contribution in [-0.4, -0.2) is 84.1 Å². The van der Waals surface area contributed by atoms with E-state index < -0.39 is 23.6 Å². The van der Waals surface area contributed by atoms with Gasteiger partial charge in [0.2, 0.25) is 0 Å². The number of pyridine rings is 3. The molecular weight excluding hydrogens is 1270 g/mol. The second kappa shape index (κ2) is 28.8. The molecule has 20 heteroatoms. The predicted molar refractivity (Wildman–Crippen MR) is 371 cm³/mol. The minimum atomic E-state index is -0.714. The minimum Gasteiger partial charge on any atom is -0.465 e. The first kappa shape index (κ1) is 67.6. The molecule has 0 saturated heterocycles. The summed E-state index contributed by atoms with van der Waals surface area (Å²) in [5.74, 6) is 1.85. The van der Waals surface area contributed by atoms with Gasteiger partial charge < -0.3 is 29.2 Å². The van der Waals surface area contributed by atoms with Crippen molar-refractivity contribution in [2.45, 2.75) is 140 Å². The Bertz CT molecular complexity index is 4650. The first-order chi connectivity index (χ1) is 47.8. The molecule has 3 saturated carbocycles. The zero-order valence-electron chi connectivity index (χ0n) is 56.3. The summed E-state index contributed by atoms with van der Waals surface area (Å²) in [6, 6.07) is 29.9. The van der Waals surface area contributed by atoms with E-state index in [0.29, 0.717) is 52.1 Å². The Labute approximate surface area is 569 Å². The van der Waals surface area contributed by atoms with Crippen LogP contribution in [0.15, 0.2) is 128 Å². The van der Waals surface area contributed by atoms with Crippen molar-refractivity contribution in [1.29, 1.82) is 0 Å². The smallest absolute Gasteiger partial charge is 0.340 e. The molecule has 0 unspecified atom stereocenters. The maximum Gasteiger partial charge on any atom is 0.340 e. The number of carbonyl (C=O) groups is 3. The lowest BCUT2D eigenvalue weighted by atomic mass is 9.73. The molecular formula is C79H78F5N9O6. The van der Waals surface area contributed by atoms with Crippen LogP contribution in [-0.2, 0) is 14.2 Å². The van der Waals surface area contributed by atoms with E-state index in [1.54, 1.807) is 60.9 Å². The fourth-order valence-electron chi connectivity index (χ4n) is 15.8. The molecule has 0 amide bonds. The number of carbonyl (C=O) groups excluding carboxylic acids is 3. The molecule has 3 fully saturated rings. The fourth-order valence-corrected chi connectivity index (χ4v) is 15.8. The average Bonchev–Trinajstić information content (AvgIpc) is 1.66. The third-order valence-electron chi connectivity index (χ3n) is 21.5. The van der Waals surface area contributed by atoms with Crippen molar-refractivity contribution in [3.05, 3.63) is 213 Å². The van der Waals surface area contributed by atoms with Gasteiger partial charge in [0.1, 0.15) is 46.0 Å². The van der Waals surface area contributed by atoms with E-state index in [4.69, 9.17) is 14.5 Å². The lowest BCUT2D eigenvalue weighted by molar-refractivity contribution is 0.0588. The zero-order valence-corrected chi connectivity index (χ0v) is 56.3. The summed E-state index contributed by atoms with van der Waals surface area (Å²) < 4.78 is 85.2. The molecule has 0 bridgehead atoms. The summed E-state index contributed by atoms with van der Waals surface area (Å²) in [5, 5.41) is 2.72. The monoisotopic (exact) mass is 1340 g/mol. The van der Waals surface area contributed by atoms with Crippen molar-refractivity contribution in [3.8, 4) is 0 Å². The molecule has 15 rings (SSSR count). The second-order valence-electron chi connectivity index (χ2n) is 27.1. The third-order valence-corrected chi connectivity index (χ3v) is 21.5. The van der Waals surface area contributed by atoms with Crippen molar-refractivity contribution in [2.24, 2.45) is 17.8 Å². The predicted octanol–water partition coefficient (Wildman–Crippen LogP) is 18.9. The van der Waals surface area contributed by atoms with Gasteiger partial charge in [-0.1, -0.05) is 20.8 Å². The number of benzene rings is 6. The number of esters is 3. The van der Waals surface area contributed by atoms with E-state index in [-0.39, 0.29) is 63.3 Å². The van der Waals surface area contributed by atoms with E-state index in [9.17, 15) is 36.3 Å². The van der Waals surface area contributed by atoms with E-state index in [1.807, 2.05) is 37.4 Å². The van der Waals surface area contributed by atoms with Crippen LogP contribution in [0.4, 0.5) is 22.0 Å². The number of methoxy groups -OCH3 is 3. The number of ether oxygens (including phenoxy) is 3. The second-order valence-corrected chi connectivity index (χ2v) is 27.1. The molecule has 12 aromatic rings. The molecule has 99 heavy (non-hydrogen) atoms. The Morgan fingerprint density at radius 1 is 0.414 bits per heavy atom. The topological polar surface area (TPSA) is 204 Å². The highest BCUT2D eigenvalue weighted by Crippen LogP contribution is 2.47. The summed E-state index contributed by atoms with van der Waals surface area (Å²) in [6.07, 6.45) is 17.7. The van der Waals surface area contributed by atoms with Gasteiger partial charge in [-0.25, -0.2) is 51.3 Å². The number of rotatable bonds is 12. The number of fused-ring (bicyclic) bond motifs is 6. The van der Waals surface area contributed by atoms with E-state index >= 15 is 0 Å². The summed E-state index contributed by atoms with van der Waals surface area (Å²) in [4.78, 5) is 72.5. The van der Waals surface area contributed by atoms with Crippen LogP contribution in [0.3, 0.4) is 0 Å². The van der Waals surface area contributed by atoms with Crippen molar-refractivity contribution in [2.75, 3.05) is 21.3 Å². The molecule has 510 valence electrons. The fraction of sp³-hybridized carbons (Fsp3) is 0.354. The Kier molecular flexibility index (Phi) is 19.7. The summed E-state index contributed by atoms with van der Waals surface area (Å²) in [6.45, 7) is 8.42. The number of halogens is 5. The number of nitrogens with one attached hydrogen (secondary N) is 3. The Morgan fingerprint density at radius 2 is 0.778 bits per heavy atom. The van der Waals surface area contributed by atoms with Crippen molar-refractivity contribution in [3.63, 3.8) is 0 Å². The quantitative estimate of drug-likeness (QED) is 0.0594. The number of aromatic amines is 3. The number of H-pyrrole nitrogens is 3. The van der Waals surface area contributed by atoms with Crippen LogP contribution >= 0.6 is 0 Å². The first-order valence-electron chi connectivity index (χ1n) is 34.1. The molecule has 0 aliphatic heterocycles. The molecule has 6 aromatic carbocycles. The van der Waals surface area contributed by atoms with Gasteiger partial charge in [-0.05, 0) is 251 Å². The molecule has 3 aliphatic rings. The third kappa shape index (κ3) is 14.0.